The zero-order chi connectivity index (χ0) is 12.3. The Kier molecular flexibility index (Phi) is 3.58. The second kappa shape index (κ2) is 5.14. The van der Waals surface area contributed by atoms with Gasteiger partial charge in [0.05, 0.1) is 5.92 Å². The minimum Gasteiger partial charge on any atom is -0.505 e. The van der Waals surface area contributed by atoms with Gasteiger partial charge in [0.15, 0.2) is 11.6 Å². The first-order chi connectivity index (χ1) is 8.16. The molecule has 0 unspecified atom stereocenters. The van der Waals surface area contributed by atoms with E-state index in [-0.39, 0.29) is 11.8 Å². The fraction of sp³-hybridized carbons (Fsp3) is 0.417. The van der Waals surface area contributed by atoms with Crippen LogP contribution in [0.1, 0.15) is 12.8 Å². The highest BCUT2D eigenvalue weighted by Gasteiger charge is 2.20. The minimum atomic E-state index is -0.732. The van der Waals surface area contributed by atoms with Gasteiger partial charge in [-0.05, 0) is 31.5 Å². The molecule has 0 bridgehead atoms. The number of hydrogen-bond acceptors (Lipinski definition) is 3. The van der Waals surface area contributed by atoms with Crippen molar-refractivity contribution in [1.29, 1.82) is 0 Å². The van der Waals surface area contributed by atoms with Gasteiger partial charge in [0.25, 0.3) is 0 Å². The zero-order valence-electron chi connectivity index (χ0n) is 9.37. The van der Waals surface area contributed by atoms with Crippen LogP contribution in [-0.2, 0) is 4.79 Å². The van der Waals surface area contributed by atoms with Gasteiger partial charge in [0.2, 0.25) is 5.91 Å². The summed E-state index contributed by atoms with van der Waals surface area (Å²) in [6.45, 7) is 1.60. The molecule has 1 aromatic rings. The summed E-state index contributed by atoms with van der Waals surface area (Å²) in [5.41, 5.74) is 0.371. The summed E-state index contributed by atoms with van der Waals surface area (Å²) in [6.07, 6.45) is 1.82. The summed E-state index contributed by atoms with van der Waals surface area (Å²) >= 11 is 0. The SMILES string of the molecule is O=C(Nc1ccc(O)c(F)c1)[C@H]1CCCNC1. The van der Waals surface area contributed by atoms with Gasteiger partial charge >= 0.3 is 0 Å². The van der Waals surface area contributed by atoms with E-state index in [1.54, 1.807) is 0 Å². The summed E-state index contributed by atoms with van der Waals surface area (Å²) in [4.78, 5) is 11.8. The van der Waals surface area contributed by atoms with Crippen LogP contribution in [0, 0.1) is 11.7 Å². The molecule has 1 saturated heterocycles. The van der Waals surface area contributed by atoms with E-state index in [9.17, 15) is 9.18 Å². The molecule has 0 aliphatic carbocycles. The molecule has 1 aliphatic rings. The monoisotopic (exact) mass is 238 g/mol. The molecule has 0 saturated carbocycles. The molecule has 4 nitrogen and oxygen atoms in total. The zero-order valence-corrected chi connectivity index (χ0v) is 9.37. The highest BCUT2D eigenvalue weighted by molar-refractivity contribution is 5.92. The molecule has 0 aromatic heterocycles. The van der Waals surface area contributed by atoms with Crippen LogP contribution in [0.25, 0.3) is 0 Å². The van der Waals surface area contributed by atoms with Gasteiger partial charge in [-0.3, -0.25) is 4.79 Å². The van der Waals surface area contributed by atoms with Crippen LogP contribution in [0.4, 0.5) is 10.1 Å². The molecule has 1 fully saturated rings. The second-order valence-electron chi connectivity index (χ2n) is 4.20. The molecule has 1 amide bonds. The van der Waals surface area contributed by atoms with E-state index in [0.29, 0.717) is 12.2 Å². The van der Waals surface area contributed by atoms with Crippen LogP contribution < -0.4 is 10.6 Å². The number of hydrogen-bond donors (Lipinski definition) is 3. The maximum absolute atomic E-state index is 13.1. The molecule has 92 valence electrons. The summed E-state index contributed by atoms with van der Waals surface area (Å²) in [5.74, 6) is -1.32. The van der Waals surface area contributed by atoms with Gasteiger partial charge < -0.3 is 15.7 Å². The van der Waals surface area contributed by atoms with E-state index in [0.717, 1.165) is 25.5 Å². The first-order valence-electron chi connectivity index (χ1n) is 5.67. The van der Waals surface area contributed by atoms with Crippen LogP contribution in [-0.4, -0.2) is 24.1 Å². The predicted octanol–water partition coefficient (Wildman–Crippen LogP) is 1.47. The quantitative estimate of drug-likeness (QED) is 0.684. The van der Waals surface area contributed by atoms with Crippen LogP contribution >= 0.6 is 0 Å². The third-order valence-electron chi connectivity index (χ3n) is 2.88. The number of carbonyl (C=O) groups is 1. The van der Waals surface area contributed by atoms with Crippen molar-refractivity contribution in [2.75, 3.05) is 18.4 Å². The first-order valence-corrected chi connectivity index (χ1v) is 5.67. The molecule has 1 aromatic carbocycles. The van der Waals surface area contributed by atoms with E-state index in [1.165, 1.54) is 12.1 Å². The van der Waals surface area contributed by atoms with Crippen molar-refractivity contribution in [3.05, 3.63) is 24.0 Å². The Morgan fingerprint density at radius 3 is 3.00 bits per heavy atom. The Morgan fingerprint density at radius 1 is 1.53 bits per heavy atom. The van der Waals surface area contributed by atoms with Crippen molar-refractivity contribution in [3.8, 4) is 5.75 Å². The lowest BCUT2D eigenvalue weighted by Gasteiger charge is -2.21. The van der Waals surface area contributed by atoms with Gasteiger partial charge in [-0.1, -0.05) is 0 Å². The van der Waals surface area contributed by atoms with Gasteiger partial charge in [-0.2, -0.15) is 0 Å². The lowest BCUT2D eigenvalue weighted by Crippen LogP contribution is -2.37. The molecular weight excluding hydrogens is 223 g/mol. The number of halogens is 1. The number of rotatable bonds is 2. The van der Waals surface area contributed by atoms with Gasteiger partial charge in [0.1, 0.15) is 0 Å². The number of anilines is 1. The third kappa shape index (κ3) is 2.94. The van der Waals surface area contributed by atoms with E-state index in [2.05, 4.69) is 10.6 Å². The molecule has 1 heterocycles. The van der Waals surface area contributed by atoms with Gasteiger partial charge in [0, 0.05) is 18.3 Å². The Balaban J connectivity index is 1.99. The number of phenols is 1. The normalized spacial score (nSPS) is 19.9. The minimum absolute atomic E-state index is 0.0689. The smallest absolute Gasteiger partial charge is 0.228 e. The molecule has 3 N–H and O–H groups in total. The summed E-state index contributed by atoms with van der Waals surface area (Å²) in [5, 5.41) is 14.8. The Labute approximate surface area is 98.8 Å². The average molecular weight is 238 g/mol. The van der Waals surface area contributed by atoms with Crippen molar-refractivity contribution in [3.63, 3.8) is 0 Å². The molecular formula is C12H15FN2O2. The number of benzene rings is 1. The maximum atomic E-state index is 13.1. The van der Waals surface area contributed by atoms with Crippen molar-refractivity contribution < 1.29 is 14.3 Å². The number of phenolic OH excluding ortho intramolecular Hbond substituents is 1. The molecule has 0 spiro atoms. The van der Waals surface area contributed by atoms with Crippen LogP contribution in [0.2, 0.25) is 0 Å². The van der Waals surface area contributed by atoms with Crippen LogP contribution in [0.3, 0.4) is 0 Å². The van der Waals surface area contributed by atoms with Crippen molar-refractivity contribution in [2.24, 2.45) is 5.92 Å². The fourth-order valence-corrected chi connectivity index (χ4v) is 1.90. The molecule has 0 radical (unpaired) electrons. The van der Waals surface area contributed by atoms with Crippen LogP contribution in [0.5, 0.6) is 5.75 Å². The Hall–Kier alpha value is -1.62. The standard InChI is InChI=1S/C12H15FN2O2/c13-10-6-9(3-4-11(10)16)15-12(17)8-2-1-5-14-7-8/h3-4,6,8,14,16H,1-2,5,7H2,(H,15,17)/t8-/m0/s1. The van der Waals surface area contributed by atoms with E-state index < -0.39 is 11.6 Å². The highest BCUT2D eigenvalue weighted by Crippen LogP contribution is 2.20. The molecule has 17 heavy (non-hydrogen) atoms. The third-order valence-corrected chi connectivity index (χ3v) is 2.88. The number of nitrogens with one attached hydrogen (secondary N) is 2. The largest absolute Gasteiger partial charge is 0.505 e. The Morgan fingerprint density at radius 2 is 2.35 bits per heavy atom. The van der Waals surface area contributed by atoms with E-state index >= 15 is 0 Å². The summed E-state index contributed by atoms with van der Waals surface area (Å²) < 4.78 is 13.1. The highest BCUT2D eigenvalue weighted by atomic mass is 19.1. The topological polar surface area (TPSA) is 61.4 Å². The average Bonchev–Trinajstić information content (AvgIpc) is 2.35. The van der Waals surface area contributed by atoms with Crippen molar-refractivity contribution in [2.45, 2.75) is 12.8 Å². The summed E-state index contributed by atoms with van der Waals surface area (Å²) in [7, 11) is 0. The molecule has 2 rings (SSSR count). The van der Waals surface area contributed by atoms with E-state index in [4.69, 9.17) is 5.11 Å². The number of carbonyl (C=O) groups excluding carboxylic acids is 1. The number of aromatic hydroxyl groups is 1. The van der Waals surface area contributed by atoms with Crippen molar-refractivity contribution >= 4 is 11.6 Å². The first kappa shape index (κ1) is 11.9. The van der Waals surface area contributed by atoms with Gasteiger partial charge in [-0.25, -0.2) is 4.39 Å². The maximum Gasteiger partial charge on any atom is 0.228 e. The van der Waals surface area contributed by atoms with Crippen LogP contribution in [0.15, 0.2) is 18.2 Å². The fourth-order valence-electron chi connectivity index (χ4n) is 1.90. The molecule has 5 heteroatoms. The number of piperidine rings is 1. The predicted molar refractivity (Wildman–Crippen MR) is 62.3 cm³/mol. The Bertz CT molecular complexity index is 417. The lowest BCUT2D eigenvalue weighted by atomic mass is 9.99. The second-order valence-corrected chi connectivity index (χ2v) is 4.20. The molecule has 1 atom stereocenters. The molecule has 1 aliphatic heterocycles. The lowest BCUT2D eigenvalue weighted by molar-refractivity contribution is -0.120. The van der Waals surface area contributed by atoms with E-state index in [1.807, 2.05) is 0 Å². The van der Waals surface area contributed by atoms with Crippen molar-refractivity contribution in [1.82, 2.24) is 5.32 Å². The van der Waals surface area contributed by atoms with Gasteiger partial charge in [-0.15, -0.1) is 0 Å². The summed E-state index contributed by atoms with van der Waals surface area (Å²) in [6, 6.07) is 3.82. The number of amides is 1.